The van der Waals surface area contributed by atoms with Crippen molar-refractivity contribution < 1.29 is 14.7 Å². The Hall–Kier alpha value is -3.21. The van der Waals surface area contributed by atoms with Crippen molar-refractivity contribution in [2.24, 2.45) is 51.2 Å². The van der Waals surface area contributed by atoms with Gasteiger partial charge in [-0.2, -0.15) is 0 Å². The molecule has 5 aliphatic carbocycles. The Morgan fingerprint density at radius 1 is 0.896 bits per heavy atom. The highest BCUT2D eigenvalue weighted by molar-refractivity contribution is 5.88. The molecule has 1 aromatic carbocycles. The van der Waals surface area contributed by atoms with Gasteiger partial charge in [-0.1, -0.05) is 71.0 Å². The van der Waals surface area contributed by atoms with Crippen molar-refractivity contribution >= 4 is 17.4 Å². The number of carboxylic acids is 1. The van der Waals surface area contributed by atoms with Crippen LogP contribution in [0.25, 0.3) is 5.57 Å². The molecule has 4 fully saturated rings. The molecule has 7 rings (SSSR count). The first-order chi connectivity index (χ1) is 22.7. The van der Waals surface area contributed by atoms with Gasteiger partial charge in [0.2, 0.25) is 5.91 Å². The van der Waals surface area contributed by atoms with Gasteiger partial charge < -0.3 is 10.4 Å². The number of hydrogen-bond acceptors (Lipinski definition) is 3. The first-order valence-corrected chi connectivity index (χ1v) is 18.6. The highest BCUT2D eigenvalue weighted by atomic mass is 16.4. The summed E-state index contributed by atoms with van der Waals surface area (Å²) in [5.41, 5.74) is 5.46. The minimum absolute atomic E-state index is 0.00701. The van der Waals surface area contributed by atoms with Crippen LogP contribution in [0.2, 0.25) is 0 Å². The SMILES string of the molecule is C=C(C)[C@@H]1CC[C@]2(NC(=O)Cc3ccccn3)CC[C@]3(C)[C@H](CC[C@@H]4[C@@]5(C)CC=C(c6ccc(C(=O)O)cc6)C(C)(C)[C@@H]5CC[C@]43C)[C@@H]12. The lowest BCUT2D eigenvalue weighted by Crippen LogP contribution is -2.68. The smallest absolute Gasteiger partial charge is 0.335 e. The van der Waals surface area contributed by atoms with E-state index in [1.165, 1.54) is 36.8 Å². The molecule has 1 heterocycles. The van der Waals surface area contributed by atoms with E-state index in [0.29, 0.717) is 41.6 Å². The van der Waals surface area contributed by atoms with Gasteiger partial charge in [0.15, 0.2) is 0 Å². The number of aromatic nitrogens is 1. The van der Waals surface area contributed by atoms with Crippen molar-refractivity contribution in [2.75, 3.05) is 0 Å². The number of carbonyl (C=O) groups is 2. The molecule has 48 heavy (non-hydrogen) atoms. The molecule has 1 amide bonds. The zero-order valence-electron chi connectivity index (χ0n) is 30.1. The fraction of sp³-hybridized carbons (Fsp3) is 0.605. The number of fused-ring (bicyclic) bond motifs is 7. The van der Waals surface area contributed by atoms with E-state index in [4.69, 9.17) is 0 Å². The van der Waals surface area contributed by atoms with E-state index in [0.717, 1.165) is 43.4 Å². The van der Waals surface area contributed by atoms with Crippen molar-refractivity contribution in [3.63, 3.8) is 0 Å². The summed E-state index contributed by atoms with van der Waals surface area (Å²) in [5.74, 6) is 1.86. The third kappa shape index (κ3) is 4.80. The second-order valence-corrected chi connectivity index (χ2v) is 17.8. The first kappa shape index (κ1) is 33.3. The van der Waals surface area contributed by atoms with Gasteiger partial charge >= 0.3 is 5.97 Å². The number of allylic oxidation sites excluding steroid dienone is 3. The van der Waals surface area contributed by atoms with E-state index in [1.807, 2.05) is 30.3 Å². The monoisotopic (exact) mass is 648 g/mol. The highest BCUT2D eigenvalue weighted by Crippen LogP contribution is 2.76. The second kappa shape index (κ2) is 11.4. The Morgan fingerprint density at radius 2 is 1.65 bits per heavy atom. The van der Waals surface area contributed by atoms with Crippen LogP contribution in [0.5, 0.6) is 0 Å². The molecule has 0 unspecified atom stereocenters. The first-order valence-electron chi connectivity index (χ1n) is 18.6. The zero-order valence-corrected chi connectivity index (χ0v) is 30.1. The lowest BCUT2D eigenvalue weighted by molar-refractivity contribution is -0.219. The van der Waals surface area contributed by atoms with Crippen LogP contribution in [0.4, 0.5) is 0 Å². The predicted octanol–water partition coefficient (Wildman–Crippen LogP) is 9.54. The third-order valence-corrected chi connectivity index (χ3v) is 15.5. The molecule has 9 atom stereocenters. The molecule has 0 radical (unpaired) electrons. The molecule has 4 saturated carbocycles. The molecule has 0 spiro atoms. The van der Waals surface area contributed by atoms with Crippen molar-refractivity contribution in [2.45, 2.75) is 111 Å². The normalized spacial score (nSPS) is 39.5. The molecule has 0 bridgehead atoms. The molecule has 0 saturated heterocycles. The fourth-order valence-corrected chi connectivity index (χ4v) is 13.2. The van der Waals surface area contributed by atoms with Gasteiger partial charge in [-0.05, 0) is 151 Å². The maximum atomic E-state index is 13.7. The number of rotatable bonds is 6. The number of nitrogens with zero attached hydrogens (tertiary/aromatic N) is 1. The van der Waals surface area contributed by atoms with Crippen LogP contribution < -0.4 is 5.32 Å². The van der Waals surface area contributed by atoms with Gasteiger partial charge in [-0.3, -0.25) is 9.78 Å². The number of hydrogen-bond donors (Lipinski definition) is 2. The lowest BCUT2D eigenvalue weighted by atomic mass is 9.33. The molecule has 2 aromatic rings. The molecular formula is C43H56N2O3. The summed E-state index contributed by atoms with van der Waals surface area (Å²) < 4.78 is 0. The summed E-state index contributed by atoms with van der Waals surface area (Å²) in [5, 5.41) is 13.2. The Labute approximate surface area is 288 Å². The van der Waals surface area contributed by atoms with Crippen molar-refractivity contribution in [3.05, 3.63) is 83.7 Å². The number of aromatic carboxylic acids is 1. The summed E-state index contributed by atoms with van der Waals surface area (Å²) in [6.07, 6.45) is 15.0. The molecule has 1 aromatic heterocycles. The number of carboxylic acid groups (broad SMARTS) is 1. The van der Waals surface area contributed by atoms with Crippen LogP contribution in [0.1, 0.15) is 121 Å². The predicted molar refractivity (Wildman–Crippen MR) is 192 cm³/mol. The van der Waals surface area contributed by atoms with Gasteiger partial charge in [0, 0.05) is 17.4 Å². The molecular weight excluding hydrogens is 592 g/mol. The van der Waals surface area contributed by atoms with Gasteiger partial charge in [-0.25, -0.2) is 4.79 Å². The minimum Gasteiger partial charge on any atom is -0.478 e. The Balaban J connectivity index is 1.20. The molecule has 5 heteroatoms. The molecule has 2 N–H and O–H groups in total. The van der Waals surface area contributed by atoms with Crippen molar-refractivity contribution in [1.82, 2.24) is 10.3 Å². The number of benzene rings is 1. The van der Waals surface area contributed by atoms with Crippen LogP contribution in [0.15, 0.2) is 66.9 Å². The number of amides is 1. The summed E-state index contributed by atoms with van der Waals surface area (Å²) in [6.45, 7) is 19.6. The van der Waals surface area contributed by atoms with Crippen molar-refractivity contribution in [3.8, 4) is 0 Å². The summed E-state index contributed by atoms with van der Waals surface area (Å²) in [4.78, 5) is 29.6. The van der Waals surface area contributed by atoms with Gasteiger partial charge in [0.1, 0.15) is 0 Å². The van der Waals surface area contributed by atoms with E-state index < -0.39 is 5.97 Å². The van der Waals surface area contributed by atoms with E-state index >= 15 is 0 Å². The lowest BCUT2D eigenvalue weighted by Gasteiger charge is -2.72. The second-order valence-electron chi connectivity index (χ2n) is 17.8. The van der Waals surface area contributed by atoms with Crippen LogP contribution in [-0.4, -0.2) is 27.5 Å². The van der Waals surface area contributed by atoms with E-state index in [2.05, 4.69) is 64.5 Å². The van der Waals surface area contributed by atoms with Crippen LogP contribution in [-0.2, 0) is 11.2 Å². The highest BCUT2D eigenvalue weighted by Gasteiger charge is 2.70. The average molecular weight is 649 g/mol. The number of carbonyl (C=O) groups excluding carboxylic acids is 1. The number of nitrogens with one attached hydrogen (secondary N) is 1. The van der Waals surface area contributed by atoms with Crippen LogP contribution in [0.3, 0.4) is 0 Å². The summed E-state index contributed by atoms with van der Waals surface area (Å²) >= 11 is 0. The number of pyridine rings is 1. The minimum atomic E-state index is -0.874. The van der Waals surface area contributed by atoms with Gasteiger partial charge in [-0.15, -0.1) is 0 Å². The Bertz CT molecular complexity index is 1640. The van der Waals surface area contributed by atoms with Gasteiger partial charge in [0.05, 0.1) is 12.0 Å². The zero-order chi connectivity index (χ0) is 34.3. The average Bonchev–Trinajstić information content (AvgIpc) is 3.41. The topological polar surface area (TPSA) is 79.3 Å². The van der Waals surface area contributed by atoms with Gasteiger partial charge in [0.25, 0.3) is 0 Å². The largest absolute Gasteiger partial charge is 0.478 e. The molecule has 0 aliphatic heterocycles. The maximum absolute atomic E-state index is 13.7. The van der Waals surface area contributed by atoms with E-state index in [1.54, 1.807) is 18.3 Å². The summed E-state index contributed by atoms with van der Waals surface area (Å²) in [7, 11) is 0. The van der Waals surface area contributed by atoms with Crippen LogP contribution >= 0.6 is 0 Å². The fourth-order valence-electron chi connectivity index (χ4n) is 13.2. The molecule has 5 nitrogen and oxygen atoms in total. The Kier molecular flexibility index (Phi) is 7.92. The molecule has 256 valence electrons. The van der Waals surface area contributed by atoms with Crippen molar-refractivity contribution in [1.29, 1.82) is 0 Å². The quantitative estimate of drug-likeness (QED) is 0.306. The van der Waals surface area contributed by atoms with E-state index in [-0.39, 0.29) is 33.1 Å². The van der Waals surface area contributed by atoms with E-state index in [9.17, 15) is 14.7 Å². The Morgan fingerprint density at radius 3 is 2.31 bits per heavy atom. The maximum Gasteiger partial charge on any atom is 0.335 e. The third-order valence-electron chi connectivity index (χ3n) is 15.5. The van der Waals surface area contributed by atoms with Crippen LogP contribution in [0, 0.1) is 51.2 Å². The molecule has 5 aliphatic rings. The summed E-state index contributed by atoms with van der Waals surface area (Å²) in [6, 6.07) is 13.4. The standard InChI is InChI=1S/C43H56N2O3/c1-27(2)31-17-22-43(45-36(46)26-30-10-8-9-25-44-30)24-23-41(6)33(37(31)43)15-16-35-40(5)20-18-32(28-11-13-29(14-12-28)38(47)48)39(3,4)34(40)19-21-42(35,41)7/h8-14,18,25,31,33-35,37H,1,15-17,19-24,26H2,2-7H3,(H,45,46)(H,47,48)/t31-,33+,34-,35+,37+,40-,41+,42+,43-/m0/s1.